The lowest BCUT2D eigenvalue weighted by Crippen LogP contribution is -2.34. The van der Waals surface area contributed by atoms with Crippen molar-refractivity contribution in [1.29, 1.82) is 0 Å². The maximum atomic E-state index is 13.7. The molecule has 0 aliphatic carbocycles. The molecular weight excluding hydrogens is 379 g/mol. The van der Waals surface area contributed by atoms with Crippen LogP contribution in [0.15, 0.2) is 42.5 Å². The maximum Gasteiger partial charge on any atom is 0.254 e. The molecule has 0 saturated heterocycles. The number of nitrogens with one attached hydrogen (secondary N) is 1. The first-order valence-corrected chi connectivity index (χ1v) is 10.6. The molecule has 0 fully saturated rings. The number of carbonyl (C=O) groups excluding carboxylic acids is 1. The highest BCUT2D eigenvalue weighted by atomic mass is 19.1. The van der Waals surface area contributed by atoms with E-state index in [2.05, 4.69) is 48.9 Å². The molecule has 1 heterocycles. The molecule has 0 atom stereocenters. The van der Waals surface area contributed by atoms with Crippen molar-refractivity contribution in [3.63, 3.8) is 0 Å². The zero-order valence-corrected chi connectivity index (χ0v) is 18.3. The molecule has 0 aliphatic rings. The summed E-state index contributed by atoms with van der Waals surface area (Å²) in [5.41, 5.74) is 3.56. The summed E-state index contributed by atoms with van der Waals surface area (Å²) in [7, 11) is 1.92. The van der Waals surface area contributed by atoms with Gasteiger partial charge in [0.1, 0.15) is 11.6 Å². The number of hydrogen-bond donors (Lipinski definition) is 1. The van der Waals surface area contributed by atoms with E-state index in [1.165, 1.54) is 17.7 Å². The van der Waals surface area contributed by atoms with E-state index in [1.807, 2.05) is 7.05 Å². The average molecular weight is 411 g/mol. The Balaban J connectivity index is 1.98. The topological polar surface area (TPSA) is 50.2 Å². The molecule has 160 valence electrons. The first-order chi connectivity index (χ1) is 14.4. The first kappa shape index (κ1) is 22.0. The summed E-state index contributed by atoms with van der Waals surface area (Å²) < 4.78 is 15.9. The van der Waals surface area contributed by atoms with Gasteiger partial charge in [-0.1, -0.05) is 32.9 Å². The first-order valence-electron chi connectivity index (χ1n) is 10.6. The molecule has 0 spiro atoms. The van der Waals surface area contributed by atoms with E-state index in [4.69, 9.17) is 4.98 Å². The minimum absolute atomic E-state index is 0.172. The van der Waals surface area contributed by atoms with Gasteiger partial charge in [-0.3, -0.25) is 4.79 Å². The number of rotatable bonds is 9. The molecular formula is C24H31FN4O. The second-order valence-corrected chi connectivity index (χ2v) is 8.12. The van der Waals surface area contributed by atoms with Crippen molar-refractivity contribution in [3.05, 3.63) is 65.2 Å². The van der Waals surface area contributed by atoms with Crippen LogP contribution in [0.1, 0.15) is 48.9 Å². The van der Waals surface area contributed by atoms with Crippen LogP contribution in [-0.2, 0) is 19.6 Å². The van der Waals surface area contributed by atoms with Gasteiger partial charge < -0.3 is 14.8 Å². The van der Waals surface area contributed by atoms with Gasteiger partial charge >= 0.3 is 0 Å². The van der Waals surface area contributed by atoms with Crippen molar-refractivity contribution >= 4 is 16.9 Å². The third kappa shape index (κ3) is 5.05. The number of aromatic nitrogens is 2. The average Bonchev–Trinajstić information content (AvgIpc) is 3.03. The monoisotopic (exact) mass is 410 g/mol. The summed E-state index contributed by atoms with van der Waals surface area (Å²) >= 11 is 0. The Hall–Kier alpha value is -2.73. The third-order valence-corrected chi connectivity index (χ3v) is 5.00. The van der Waals surface area contributed by atoms with Gasteiger partial charge in [0.2, 0.25) is 0 Å². The molecule has 3 rings (SSSR count). The fourth-order valence-electron chi connectivity index (χ4n) is 3.77. The molecule has 0 unspecified atom stereocenters. The van der Waals surface area contributed by atoms with Crippen LogP contribution in [0.2, 0.25) is 0 Å². The number of imidazole rings is 1. The number of aryl methyl sites for hydroxylation is 1. The lowest BCUT2D eigenvalue weighted by Gasteiger charge is -2.25. The van der Waals surface area contributed by atoms with E-state index >= 15 is 0 Å². The Morgan fingerprint density at radius 2 is 2.03 bits per heavy atom. The van der Waals surface area contributed by atoms with Crippen LogP contribution >= 0.6 is 0 Å². The van der Waals surface area contributed by atoms with Crippen molar-refractivity contribution in [2.24, 2.45) is 5.92 Å². The Bertz CT molecular complexity index is 1010. The van der Waals surface area contributed by atoms with Crippen LogP contribution in [0.25, 0.3) is 11.0 Å². The van der Waals surface area contributed by atoms with Crippen molar-refractivity contribution in [2.45, 2.75) is 46.8 Å². The van der Waals surface area contributed by atoms with Gasteiger partial charge in [0.15, 0.2) is 0 Å². The Kier molecular flexibility index (Phi) is 7.21. The van der Waals surface area contributed by atoms with Crippen molar-refractivity contribution in [2.75, 3.05) is 13.6 Å². The van der Waals surface area contributed by atoms with E-state index < -0.39 is 5.82 Å². The second-order valence-electron chi connectivity index (χ2n) is 8.12. The van der Waals surface area contributed by atoms with Crippen molar-refractivity contribution in [1.82, 2.24) is 19.8 Å². The summed E-state index contributed by atoms with van der Waals surface area (Å²) in [5, 5.41) is 3.17. The molecule has 3 aromatic rings. The molecule has 0 radical (unpaired) electrons. The van der Waals surface area contributed by atoms with E-state index in [1.54, 1.807) is 17.0 Å². The summed E-state index contributed by atoms with van der Waals surface area (Å²) in [6.07, 6.45) is 0.971. The molecule has 6 heteroatoms. The fraction of sp³-hybridized carbons (Fsp3) is 0.417. The molecule has 30 heavy (non-hydrogen) atoms. The normalized spacial score (nSPS) is 11.4. The predicted octanol–water partition coefficient (Wildman–Crippen LogP) is 4.60. The highest BCUT2D eigenvalue weighted by molar-refractivity contribution is 5.94. The molecule has 5 nitrogen and oxygen atoms in total. The second kappa shape index (κ2) is 9.85. The smallest absolute Gasteiger partial charge is 0.254 e. The van der Waals surface area contributed by atoms with Gasteiger partial charge in [0.25, 0.3) is 5.91 Å². The zero-order chi connectivity index (χ0) is 21.7. The van der Waals surface area contributed by atoms with Crippen LogP contribution < -0.4 is 5.32 Å². The molecule has 2 aromatic carbocycles. The number of halogens is 1. The molecule has 1 aromatic heterocycles. The summed E-state index contributed by atoms with van der Waals surface area (Å²) in [4.78, 5) is 19.8. The van der Waals surface area contributed by atoms with Gasteiger partial charge in [0, 0.05) is 25.2 Å². The molecule has 0 saturated carbocycles. The van der Waals surface area contributed by atoms with Gasteiger partial charge in [0.05, 0.1) is 17.6 Å². The fourth-order valence-corrected chi connectivity index (χ4v) is 3.77. The number of nitrogens with zero attached hydrogens (tertiary/aromatic N) is 3. The minimum atomic E-state index is -0.402. The third-order valence-electron chi connectivity index (χ3n) is 5.00. The standard InChI is InChI=1S/C24H31FN4O/c1-5-11-29-22-10-9-18(14-26-4)12-21(22)27-23(29)16-28(15-17(2)3)24(30)19-7-6-8-20(25)13-19/h6-10,12-13,17,26H,5,11,14-16H2,1-4H3. The largest absolute Gasteiger partial charge is 0.331 e. The number of benzene rings is 2. The molecule has 0 bridgehead atoms. The lowest BCUT2D eigenvalue weighted by atomic mass is 10.1. The summed E-state index contributed by atoms with van der Waals surface area (Å²) in [5.74, 6) is 0.572. The van der Waals surface area contributed by atoms with Crippen LogP contribution in [0.5, 0.6) is 0 Å². The van der Waals surface area contributed by atoms with Gasteiger partial charge in [-0.15, -0.1) is 0 Å². The Morgan fingerprint density at radius 1 is 1.23 bits per heavy atom. The van der Waals surface area contributed by atoms with E-state index in [9.17, 15) is 9.18 Å². The SMILES string of the molecule is CCCn1c(CN(CC(C)C)C(=O)c2cccc(F)c2)nc2cc(CNC)ccc21. The highest BCUT2D eigenvalue weighted by Gasteiger charge is 2.21. The Labute approximate surface area is 177 Å². The number of carbonyl (C=O) groups is 1. The van der Waals surface area contributed by atoms with Crippen LogP contribution in [0, 0.1) is 11.7 Å². The lowest BCUT2D eigenvalue weighted by molar-refractivity contribution is 0.0715. The molecule has 1 N–H and O–H groups in total. The number of hydrogen-bond acceptors (Lipinski definition) is 3. The highest BCUT2D eigenvalue weighted by Crippen LogP contribution is 2.21. The number of amides is 1. The van der Waals surface area contributed by atoms with Gasteiger partial charge in [-0.05, 0) is 55.3 Å². The predicted molar refractivity (Wildman–Crippen MR) is 119 cm³/mol. The quantitative estimate of drug-likeness (QED) is 0.561. The van der Waals surface area contributed by atoms with Gasteiger partial charge in [-0.25, -0.2) is 9.37 Å². The minimum Gasteiger partial charge on any atom is -0.331 e. The molecule has 0 aliphatic heterocycles. The Morgan fingerprint density at radius 3 is 2.70 bits per heavy atom. The van der Waals surface area contributed by atoms with Crippen LogP contribution in [-0.4, -0.2) is 34.0 Å². The zero-order valence-electron chi connectivity index (χ0n) is 18.3. The van der Waals surface area contributed by atoms with E-state index in [0.29, 0.717) is 18.7 Å². The van der Waals surface area contributed by atoms with Crippen LogP contribution in [0.4, 0.5) is 4.39 Å². The van der Waals surface area contributed by atoms with Crippen molar-refractivity contribution < 1.29 is 9.18 Å². The molecule has 1 amide bonds. The van der Waals surface area contributed by atoms with Crippen LogP contribution in [0.3, 0.4) is 0 Å². The summed E-state index contributed by atoms with van der Waals surface area (Å²) in [6.45, 7) is 8.87. The van der Waals surface area contributed by atoms with Gasteiger partial charge in [-0.2, -0.15) is 0 Å². The van der Waals surface area contributed by atoms with E-state index in [-0.39, 0.29) is 11.8 Å². The maximum absolute atomic E-state index is 13.7. The van der Waals surface area contributed by atoms with Crippen molar-refractivity contribution in [3.8, 4) is 0 Å². The van der Waals surface area contributed by atoms with E-state index in [0.717, 1.165) is 36.4 Å². The number of fused-ring (bicyclic) bond motifs is 1. The summed E-state index contributed by atoms with van der Waals surface area (Å²) in [6, 6.07) is 12.2.